The minimum absolute atomic E-state index is 0.161. The first-order chi connectivity index (χ1) is 15.9. The van der Waals surface area contributed by atoms with Crippen LogP contribution >= 0.6 is 11.8 Å². The van der Waals surface area contributed by atoms with E-state index in [1.54, 1.807) is 4.90 Å². The van der Waals surface area contributed by atoms with Crippen LogP contribution in [0.25, 0.3) is 11.3 Å². The van der Waals surface area contributed by atoms with Crippen molar-refractivity contribution in [1.29, 1.82) is 0 Å². The van der Waals surface area contributed by atoms with Crippen LogP contribution in [0.1, 0.15) is 45.0 Å². The molecule has 0 fully saturated rings. The number of para-hydroxylation sites is 1. The second-order valence-electron chi connectivity index (χ2n) is 8.30. The molecule has 1 aliphatic rings. The van der Waals surface area contributed by atoms with Gasteiger partial charge in [0.05, 0.1) is 17.9 Å². The molecule has 1 aromatic heterocycles. The fourth-order valence-corrected chi connectivity index (χ4v) is 4.42. The maximum atomic E-state index is 13.0. The number of aromatic nitrogens is 3. The van der Waals surface area contributed by atoms with Crippen LogP contribution in [-0.2, 0) is 4.79 Å². The highest BCUT2D eigenvalue weighted by atomic mass is 32.2. The number of rotatable bonds is 6. The number of hydrogen-bond donors (Lipinski definition) is 0. The van der Waals surface area contributed by atoms with E-state index in [1.165, 1.54) is 18.7 Å². The Labute approximate surface area is 198 Å². The number of anilines is 1. The molecule has 7 nitrogen and oxygen atoms in total. The van der Waals surface area contributed by atoms with E-state index in [0.29, 0.717) is 40.7 Å². The highest BCUT2D eigenvalue weighted by molar-refractivity contribution is 7.99. The number of benzene rings is 2. The van der Waals surface area contributed by atoms with Gasteiger partial charge < -0.3 is 9.47 Å². The molecule has 0 spiro atoms. The smallest absolute Gasteiger partial charge is 0.247 e. The molecule has 2 heterocycles. The van der Waals surface area contributed by atoms with Crippen molar-refractivity contribution < 1.29 is 14.3 Å². The van der Waals surface area contributed by atoms with Crippen LogP contribution in [-0.4, -0.2) is 33.4 Å². The van der Waals surface area contributed by atoms with Gasteiger partial charge in [-0.15, -0.1) is 10.2 Å². The number of thioether (sulfide) groups is 1. The lowest BCUT2D eigenvalue weighted by molar-refractivity contribution is -0.118. The standard InChI is InChI=1S/C25H28N4O3S/c1-6-31-21-10-8-7-9-18(21)24-29(17(5)30)20-12-11-16(4)13-19(20)22-23(32-24)26-25(28-27-22)33-14-15(2)3/h7-13,15,24H,6,14H2,1-5H3. The molecule has 3 aromatic rings. The van der Waals surface area contributed by atoms with Gasteiger partial charge in [0.2, 0.25) is 23.2 Å². The molecule has 4 rings (SSSR count). The molecule has 2 aromatic carbocycles. The van der Waals surface area contributed by atoms with Crippen molar-refractivity contribution in [3.8, 4) is 22.9 Å². The van der Waals surface area contributed by atoms with Gasteiger partial charge in [-0.1, -0.05) is 49.4 Å². The van der Waals surface area contributed by atoms with Gasteiger partial charge in [-0.25, -0.2) is 0 Å². The average Bonchev–Trinajstić information content (AvgIpc) is 2.92. The summed E-state index contributed by atoms with van der Waals surface area (Å²) < 4.78 is 12.3. The number of amides is 1. The molecule has 0 saturated heterocycles. The van der Waals surface area contributed by atoms with E-state index in [9.17, 15) is 4.79 Å². The SMILES string of the molecule is CCOc1ccccc1C1Oc2nc(SCC(C)C)nnc2-c2cc(C)ccc2N1C(C)=O. The number of carbonyl (C=O) groups excluding carboxylic acids is 1. The molecule has 0 aliphatic carbocycles. The molecule has 0 N–H and O–H groups in total. The normalized spacial score (nSPS) is 14.8. The Morgan fingerprint density at radius 2 is 2.00 bits per heavy atom. The van der Waals surface area contributed by atoms with Crippen LogP contribution in [0.5, 0.6) is 11.6 Å². The molecule has 172 valence electrons. The Kier molecular flexibility index (Phi) is 6.83. The number of nitrogens with zero attached hydrogens (tertiary/aromatic N) is 4. The summed E-state index contributed by atoms with van der Waals surface area (Å²) in [6, 6.07) is 13.5. The zero-order chi connectivity index (χ0) is 23.5. The average molecular weight is 465 g/mol. The Hall–Kier alpha value is -3.13. The molecule has 8 heteroatoms. The van der Waals surface area contributed by atoms with E-state index in [1.807, 2.05) is 56.3 Å². The van der Waals surface area contributed by atoms with Crippen LogP contribution in [0, 0.1) is 12.8 Å². The van der Waals surface area contributed by atoms with E-state index in [2.05, 4.69) is 24.0 Å². The van der Waals surface area contributed by atoms with Crippen molar-refractivity contribution in [2.24, 2.45) is 5.92 Å². The Morgan fingerprint density at radius 3 is 2.73 bits per heavy atom. The molecule has 1 aliphatic heterocycles. The first-order valence-electron chi connectivity index (χ1n) is 11.1. The maximum absolute atomic E-state index is 13.0. The van der Waals surface area contributed by atoms with Crippen molar-refractivity contribution in [1.82, 2.24) is 15.2 Å². The largest absolute Gasteiger partial charge is 0.493 e. The molecule has 1 unspecified atom stereocenters. The summed E-state index contributed by atoms with van der Waals surface area (Å²) in [5, 5.41) is 9.38. The third-order valence-electron chi connectivity index (χ3n) is 5.13. The second-order valence-corrected chi connectivity index (χ2v) is 9.29. The summed E-state index contributed by atoms with van der Waals surface area (Å²) in [7, 11) is 0. The molecule has 1 amide bonds. The lowest BCUT2D eigenvalue weighted by atomic mass is 10.0. The summed E-state index contributed by atoms with van der Waals surface area (Å²) in [6.45, 7) is 10.2. The lowest BCUT2D eigenvalue weighted by Crippen LogP contribution is -2.36. The van der Waals surface area contributed by atoms with Crippen molar-refractivity contribution in [2.75, 3.05) is 17.3 Å². The molecule has 0 saturated carbocycles. The zero-order valence-electron chi connectivity index (χ0n) is 19.5. The topological polar surface area (TPSA) is 77.4 Å². The molecule has 1 atom stereocenters. The quantitative estimate of drug-likeness (QED) is 0.450. The summed E-state index contributed by atoms with van der Waals surface area (Å²) in [6.07, 6.45) is -0.771. The van der Waals surface area contributed by atoms with E-state index < -0.39 is 6.23 Å². The van der Waals surface area contributed by atoms with E-state index in [4.69, 9.17) is 14.5 Å². The third kappa shape index (κ3) is 4.80. The van der Waals surface area contributed by atoms with Gasteiger partial charge >= 0.3 is 0 Å². The monoisotopic (exact) mass is 464 g/mol. The highest BCUT2D eigenvalue weighted by Crippen LogP contribution is 2.45. The number of carbonyl (C=O) groups is 1. The van der Waals surface area contributed by atoms with Gasteiger partial charge in [-0.2, -0.15) is 4.98 Å². The highest BCUT2D eigenvalue weighted by Gasteiger charge is 2.36. The van der Waals surface area contributed by atoms with Gasteiger partial charge in [0.25, 0.3) is 0 Å². The molecule has 33 heavy (non-hydrogen) atoms. The minimum atomic E-state index is -0.771. The van der Waals surface area contributed by atoms with Crippen LogP contribution in [0.4, 0.5) is 5.69 Å². The van der Waals surface area contributed by atoms with Gasteiger partial charge in [0, 0.05) is 18.2 Å². The molecular formula is C25H28N4O3S. The predicted molar refractivity (Wildman–Crippen MR) is 130 cm³/mol. The van der Waals surface area contributed by atoms with Gasteiger partial charge in [-0.3, -0.25) is 9.69 Å². The fraction of sp³-hybridized carbons (Fsp3) is 0.360. The molecule has 0 radical (unpaired) electrons. The summed E-state index contributed by atoms with van der Waals surface area (Å²) in [4.78, 5) is 19.3. The maximum Gasteiger partial charge on any atom is 0.247 e. The lowest BCUT2D eigenvalue weighted by Gasteiger charge is -2.30. The van der Waals surface area contributed by atoms with Crippen molar-refractivity contribution in [3.63, 3.8) is 0 Å². The van der Waals surface area contributed by atoms with Crippen LogP contribution in [0.2, 0.25) is 0 Å². The number of aryl methyl sites for hydroxylation is 1. The van der Waals surface area contributed by atoms with Crippen molar-refractivity contribution in [3.05, 3.63) is 53.6 Å². The van der Waals surface area contributed by atoms with Crippen molar-refractivity contribution >= 4 is 23.4 Å². The van der Waals surface area contributed by atoms with Gasteiger partial charge in [-0.05, 0) is 44.0 Å². The van der Waals surface area contributed by atoms with Crippen LogP contribution < -0.4 is 14.4 Å². The van der Waals surface area contributed by atoms with E-state index >= 15 is 0 Å². The predicted octanol–water partition coefficient (Wildman–Crippen LogP) is 5.44. The minimum Gasteiger partial charge on any atom is -0.493 e. The fourth-order valence-electron chi connectivity index (χ4n) is 3.69. The molecule has 0 bridgehead atoms. The first kappa shape index (κ1) is 23.0. The van der Waals surface area contributed by atoms with Gasteiger partial charge in [0.15, 0.2) is 5.69 Å². The number of fused-ring (bicyclic) bond motifs is 3. The summed E-state index contributed by atoms with van der Waals surface area (Å²) in [5.41, 5.74) is 3.75. The van der Waals surface area contributed by atoms with E-state index in [-0.39, 0.29) is 5.91 Å². The number of ether oxygens (including phenoxy) is 2. The van der Waals surface area contributed by atoms with Gasteiger partial charge in [0.1, 0.15) is 5.75 Å². The zero-order valence-corrected chi connectivity index (χ0v) is 20.3. The van der Waals surface area contributed by atoms with Crippen molar-refractivity contribution in [2.45, 2.75) is 46.0 Å². The summed E-state index contributed by atoms with van der Waals surface area (Å²) >= 11 is 1.54. The number of hydrogen-bond acceptors (Lipinski definition) is 7. The van der Waals surface area contributed by atoms with Crippen LogP contribution in [0.15, 0.2) is 47.6 Å². The van der Waals surface area contributed by atoms with Crippen LogP contribution in [0.3, 0.4) is 0 Å². The second kappa shape index (κ2) is 9.79. The Bertz CT molecular complexity index is 1170. The Balaban J connectivity index is 1.92. The molecular weight excluding hydrogens is 436 g/mol. The Morgan fingerprint density at radius 1 is 1.21 bits per heavy atom. The van der Waals surface area contributed by atoms with E-state index in [0.717, 1.165) is 22.4 Å². The third-order valence-corrected chi connectivity index (χ3v) is 6.39. The first-order valence-corrected chi connectivity index (χ1v) is 12.0. The summed E-state index contributed by atoms with van der Waals surface area (Å²) in [5.74, 6) is 2.20.